The van der Waals surface area contributed by atoms with Crippen molar-refractivity contribution < 1.29 is 4.79 Å². The number of halogens is 1. The molecule has 8 nitrogen and oxygen atoms in total. The third kappa shape index (κ3) is 4.34. The summed E-state index contributed by atoms with van der Waals surface area (Å²) in [4.78, 5) is 16.0. The Balaban J connectivity index is 1.85. The molecule has 9 heteroatoms. The van der Waals surface area contributed by atoms with Crippen molar-refractivity contribution in [3.8, 4) is 0 Å². The van der Waals surface area contributed by atoms with E-state index < -0.39 is 5.91 Å². The average molecular weight is 362 g/mol. The molecule has 1 aliphatic carbocycles. The van der Waals surface area contributed by atoms with Gasteiger partial charge in [0.15, 0.2) is 11.5 Å². The molecule has 1 amide bonds. The fraction of sp³-hybridized carbons (Fsp3) is 0.375. The maximum absolute atomic E-state index is 11.6. The molecule has 0 aliphatic heterocycles. The molecule has 3 rings (SSSR count). The molecule has 0 saturated heterocycles. The van der Waals surface area contributed by atoms with Crippen LogP contribution in [0.1, 0.15) is 36.2 Å². The second kappa shape index (κ2) is 7.62. The third-order valence-electron chi connectivity index (χ3n) is 4.14. The van der Waals surface area contributed by atoms with Crippen LogP contribution in [-0.2, 0) is 0 Å². The van der Waals surface area contributed by atoms with Crippen LogP contribution in [0.2, 0.25) is 5.02 Å². The minimum atomic E-state index is -0.717. The van der Waals surface area contributed by atoms with Crippen molar-refractivity contribution >= 4 is 35.0 Å². The molecule has 6 N–H and O–H groups in total. The van der Waals surface area contributed by atoms with Gasteiger partial charge in [0.05, 0.1) is 0 Å². The Labute approximate surface area is 150 Å². The molecule has 1 aromatic carbocycles. The summed E-state index contributed by atoms with van der Waals surface area (Å²) in [7, 11) is 0. The number of carbonyl (C=O) groups excluding carboxylic acids is 1. The van der Waals surface area contributed by atoms with E-state index in [1.54, 1.807) is 24.3 Å². The van der Waals surface area contributed by atoms with Gasteiger partial charge in [-0.05, 0) is 31.0 Å². The molecule has 1 aromatic heterocycles. The average Bonchev–Trinajstić information content (AvgIpc) is 2.57. The Morgan fingerprint density at radius 1 is 1.24 bits per heavy atom. The number of rotatable bonds is 5. The highest BCUT2D eigenvalue weighted by atomic mass is 35.5. The minimum Gasteiger partial charge on any atom is -0.364 e. The van der Waals surface area contributed by atoms with Crippen LogP contribution in [0.5, 0.6) is 0 Å². The van der Waals surface area contributed by atoms with Gasteiger partial charge < -0.3 is 22.1 Å². The van der Waals surface area contributed by atoms with E-state index in [9.17, 15) is 4.79 Å². The number of primary amides is 1. The normalized spacial score (nSPS) is 20.1. The number of hydrogen-bond donors (Lipinski definition) is 4. The van der Waals surface area contributed by atoms with Crippen LogP contribution in [0.3, 0.4) is 0 Å². The van der Waals surface area contributed by atoms with Crippen molar-refractivity contribution in [2.45, 2.75) is 37.8 Å². The van der Waals surface area contributed by atoms with Crippen molar-refractivity contribution in [3.63, 3.8) is 0 Å². The summed E-state index contributed by atoms with van der Waals surface area (Å²) in [5.74, 6) is -0.195. The molecule has 0 radical (unpaired) electrons. The zero-order valence-corrected chi connectivity index (χ0v) is 14.3. The Morgan fingerprint density at radius 3 is 2.76 bits per heavy atom. The Morgan fingerprint density at radius 2 is 2.04 bits per heavy atom. The van der Waals surface area contributed by atoms with E-state index in [4.69, 9.17) is 23.1 Å². The summed E-state index contributed by atoms with van der Waals surface area (Å²) >= 11 is 5.98. The predicted octanol–water partition coefficient (Wildman–Crippen LogP) is 2.05. The van der Waals surface area contributed by atoms with Gasteiger partial charge in [-0.2, -0.15) is 4.98 Å². The molecule has 1 fully saturated rings. The van der Waals surface area contributed by atoms with Crippen LogP contribution in [0, 0.1) is 0 Å². The molecule has 2 aromatic rings. The maximum Gasteiger partial charge on any atom is 0.273 e. The summed E-state index contributed by atoms with van der Waals surface area (Å²) < 4.78 is 0. The van der Waals surface area contributed by atoms with Gasteiger partial charge in [-0.1, -0.05) is 30.5 Å². The lowest BCUT2D eigenvalue weighted by atomic mass is 9.91. The summed E-state index contributed by atoms with van der Waals surface area (Å²) in [6.45, 7) is 0. The van der Waals surface area contributed by atoms with E-state index in [0.717, 1.165) is 25.7 Å². The highest BCUT2D eigenvalue weighted by molar-refractivity contribution is 6.30. The van der Waals surface area contributed by atoms with E-state index in [2.05, 4.69) is 25.8 Å². The third-order valence-corrected chi connectivity index (χ3v) is 4.38. The van der Waals surface area contributed by atoms with E-state index >= 15 is 0 Å². The first-order chi connectivity index (χ1) is 12.0. The van der Waals surface area contributed by atoms with Crippen LogP contribution < -0.4 is 22.1 Å². The second-order valence-corrected chi connectivity index (χ2v) is 6.47. The summed E-state index contributed by atoms with van der Waals surface area (Å²) in [5, 5.41) is 14.6. The van der Waals surface area contributed by atoms with E-state index in [1.165, 1.54) is 0 Å². The zero-order chi connectivity index (χ0) is 17.8. The number of amides is 1. The fourth-order valence-corrected chi connectivity index (χ4v) is 3.04. The van der Waals surface area contributed by atoms with Gasteiger partial charge in [0.1, 0.15) is 0 Å². The van der Waals surface area contributed by atoms with E-state index in [0.29, 0.717) is 16.7 Å². The van der Waals surface area contributed by atoms with Crippen molar-refractivity contribution in [3.05, 3.63) is 35.0 Å². The maximum atomic E-state index is 11.6. The summed E-state index contributed by atoms with van der Waals surface area (Å²) in [6, 6.07) is 7.15. The molecule has 0 spiro atoms. The molecule has 25 heavy (non-hydrogen) atoms. The first kappa shape index (κ1) is 17.4. The van der Waals surface area contributed by atoms with Gasteiger partial charge in [0.2, 0.25) is 5.95 Å². The molecule has 0 bridgehead atoms. The fourth-order valence-electron chi connectivity index (χ4n) is 2.85. The Bertz CT molecular complexity index is 770. The highest BCUT2D eigenvalue weighted by Gasteiger charge is 2.23. The number of aromatic nitrogens is 3. The van der Waals surface area contributed by atoms with Gasteiger partial charge in [-0.25, -0.2) is 0 Å². The largest absolute Gasteiger partial charge is 0.364 e. The summed E-state index contributed by atoms with van der Waals surface area (Å²) in [6.07, 6.45) is 4.13. The van der Waals surface area contributed by atoms with Crippen molar-refractivity contribution in [1.82, 2.24) is 15.2 Å². The Kier molecular flexibility index (Phi) is 5.30. The smallest absolute Gasteiger partial charge is 0.273 e. The van der Waals surface area contributed by atoms with Gasteiger partial charge in [0.25, 0.3) is 5.91 Å². The van der Waals surface area contributed by atoms with Crippen LogP contribution in [0.25, 0.3) is 0 Å². The Hall–Kier alpha value is -2.45. The molecule has 1 aliphatic rings. The number of nitrogens with two attached hydrogens (primary N) is 2. The van der Waals surface area contributed by atoms with E-state index in [-0.39, 0.29) is 23.6 Å². The lowest BCUT2D eigenvalue weighted by Gasteiger charge is -2.29. The number of anilines is 3. The molecular weight excluding hydrogens is 342 g/mol. The summed E-state index contributed by atoms with van der Waals surface area (Å²) in [5.41, 5.74) is 12.1. The standard InChI is InChI=1S/C16H20ClN7O/c17-9-4-3-5-10(8-9)20-15-13(14(19)25)23-24-16(22-15)21-12-7-2-1-6-11(12)18/h3-5,8,11-12H,1-2,6-7,18H2,(H2,19,25)(H2,20,21,22,24)/t11-,12+/m0/s1. The lowest BCUT2D eigenvalue weighted by Crippen LogP contribution is -2.43. The molecule has 0 unspecified atom stereocenters. The molecule has 132 valence electrons. The minimum absolute atomic E-state index is 0.0394. The van der Waals surface area contributed by atoms with Gasteiger partial charge >= 0.3 is 0 Å². The monoisotopic (exact) mass is 361 g/mol. The molecule has 2 atom stereocenters. The second-order valence-electron chi connectivity index (χ2n) is 6.03. The number of nitrogens with zero attached hydrogens (tertiary/aromatic N) is 3. The quantitative estimate of drug-likeness (QED) is 0.640. The van der Waals surface area contributed by atoms with Crippen LogP contribution >= 0.6 is 11.6 Å². The number of hydrogen-bond acceptors (Lipinski definition) is 7. The SMILES string of the molecule is NC(=O)c1nnc(N[C@@H]2CCCC[C@@H]2N)nc1Nc1cccc(Cl)c1. The highest BCUT2D eigenvalue weighted by Crippen LogP contribution is 2.23. The topological polar surface area (TPSA) is 132 Å². The number of benzene rings is 1. The van der Waals surface area contributed by atoms with Crippen molar-refractivity contribution in [1.29, 1.82) is 0 Å². The first-order valence-electron chi connectivity index (χ1n) is 8.12. The van der Waals surface area contributed by atoms with Gasteiger partial charge in [-0.15, -0.1) is 10.2 Å². The van der Waals surface area contributed by atoms with Crippen LogP contribution in [0.4, 0.5) is 17.5 Å². The zero-order valence-electron chi connectivity index (χ0n) is 13.6. The van der Waals surface area contributed by atoms with Crippen LogP contribution in [0.15, 0.2) is 24.3 Å². The van der Waals surface area contributed by atoms with Crippen molar-refractivity contribution in [2.24, 2.45) is 11.5 Å². The molecule has 1 saturated carbocycles. The number of carbonyl (C=O) groups is 1. The first-order valence-corrected chi connectivity index (χ1v) is 8.50. The predicted molar refractivity (Wildman–Crippen MR) is 96.9 cm³/mol. The number of nitrogens with one attached hydrogen (secondary N) is 2. The lowest BCUT2D eigenvalue weighted by molar-refractivity contribution is 0.0995. The van der Waals surface area contributed by atoms with Gasteiger partial charge in [-0.3, -0.25) is 4.79 Å². The van der Waals surface area contributed by atoms with E-state index in [1.807, 2.05) is 0 Å². The molecule has 1 heterocycles. The molecular formula is C16H20ClN7O. The van der Waals surface area contributed by atoms with Gasteiger partial charge in [0, 0.05) is 22.8 Å². The van der Waals surface area contributed by atoms with Crippen LogP contribution in [-0.4, -0.2) is 33.2 Å². The van der Waals surface area contributed by atoms with Crippen molar-refractivity contribution in [2.75, 3.05) is 10.6 Å².